The first-order valence-electron chi connectivity index (χ1n) is 10.9. The van der Waals surface area contributed by atoms with Crippen molar-refractivity contribution >= 4 is 33.4 Å². The normalized spacial score (nSPS) is 11.2. The third kappa shape index (κ3) is 7.37. The summed E-state index contributed by atoms with van der Waals surface area (Å²) in [6.07, 6.45) is 0.818. The van der Waals surface area contributed by atoms with Crippen LogP contribution in [-0.4, -0.2) is 33.2 Å². The summed E-state index contributed by atoms with van der Waals surface area (Å²) in [6.45, 7) is 4.07. The van der Waals surface area contributed by atoms with Gasteiger partial charge in [-0.25, -0.2) is 8.42 Å². The Balaban J connectivity index is 1.62. The molecule has 33 heavy (non-hydrogen) atoms. The second-order valence-electron chi connectivity index (χ2n) is 7.91. The second-order valence-corrected chi connectivity index (χ2v) is 10.9. The molecule has 1 amide bonds. The van der Waals surface area contributed by atoms with Crippen molar-refractivity contribution in [3.63, 3.8) is 0 Å². The molecule has 0 spiro atoms. The van der Waals surface area contributed by atoms with Crippen molar-refractivity contribution in [1.82, 2.24) is 5.32 Å². The van der Waals surface area contributed by atoms with Crippen LogP contribution in [0.5, 0.6) is 0 Å². The molecular weight excluding hydrogens is 452 g/mol. The van der Waals surface area contributed by atoms with E-state index in [1.165, 1.54) is 9.87 Å². The zero-order valence-electron chi connectivity index (χ0n) is 19.0. The van der Waals surface area contributed by atoms with Gasteiger partial charge in [-0.1, -0.05) is 54.6 Å². The maximum absolute atomic E-state index is 13.4. The zero-order chi connectivity index (χ0) is 23.7. The number of rotatable bonds is 11. The number of thioether (sulfide) groups is 1. The monoisotopic (exact) mass is 482 g/mol. The Morgan fingerprint density at radius 3 is 2.15 bits per heavy atom. The quantitative estimate of drug-likeness (QED) is 0.393. The number of carbonyl (C=O) groups is 1. The van der Waals surface area contributed by atoms with Gasteiger partial charge in [-0.3, -0.25) is 9.10 Å². The molecule has 7 heteroatoms. The first kappa shape index (κ1) is 24.9. The lowest BCUT2D eigenvalue weighted by atomic mass is 10.1. The van der Waals surface area contributed by atoms with Crippen LogP contribution in [0.2, 0.25) is 0 Å². The number of aryl methyl sites for hydroxylation is 2. The van der Waals surface area contributed by atoms with Crippen molar-refractivity contribution in [2.45, 2.75) is 30.9 Å². The molecule has 3 aromatic carbocycles. The van der Waals surface area contributed by atoms with E-state index in [2.05, 4.69) is 17.4 Å². The maximum atomic E-state index is 13.4. The van der Waals surface area contributed by atoms with Crippen LogP contribution in [0.25, 0.3) is 0 Å². The lowest BCUT2D eigenvalue weighted by Gasteiger charge is -2.25. The standard InChI is InChI=1S/C26H30N2O3S2/c1-21-16-22(2)18-24(17-21)28(33(30,31)25-12-7-4-8-13-25)19-26(29)27-14-9-15-32-20-23-10-5-3-6-11-23/h3-8,10-13,16-18H,9,14-15,19-20H2,1-2H3,(H,27,29). The summed E-state index contributed by atoms with van der Waals surface area (Å²) in [4.78, 5) is 12.9. The molecule has 3 aromatic rings. The van der Waals surface area contributed by atoms with E-state index in [0.717, 1.165) is 29.1 Å². The van der Waals surface area contributed by atoms with Crippen LogP contribution in [0.4, 0.5) is 5.69 Å². The van der Waals surface area contributed by atoms with Gasteiger partial charge in [-0.2, -0.15) is 11.8 Å². The summed E-state index contributed by atoms with van der Waals surface area (Å²) in [5, 5.41) is 2.88. The van der Waals surface area contributed by atoms with Gasteiger partial charge in [-0.15, -0.1) is 0 Å². The fourth-order valence-corrected chi connectivity index (χ4v) is 5.83. The van der Waals surface area contributed by atoms with Gasteiger partial charge in [0.1, 0.15) is 6.54 Å². The number of hydrogen-bond acceptors (Lipinski definition) is 4. The van der Waals surface area contributed by atoms with Crippen LogP contribution in [-0.2, 0) is 20.6 Å². The highest BCUT2D eigenvalue weighted by Crippen LogP contribution is 2.25. The highest BCUT2D eigenvalue weighted by atomic mass is 32.2. The summed E-state index contributed by atoms with van der Waals surface area (Å²) >= 11 is 1.82. The molecule has 0 saturated heterocycles. The zero-order valence-corrected chi connectivity index (χ0v) is 20.7. The molecule has 0 unspecified atom stereocenters. The Morgan fingerprint density at radius 2 is 1.52 bits per heavy atom. The smallest absolute Gasteiger partial charge is 0.264 e. The number of anilines is 1. The van der Waals surface area contributed by atoms with Crippen molar-refractivity contribution in [3.8, 4) is 0 Å². The molecule has 0 aliphatic heterocycles. The van der Waals surface area contributed by atoms with Gasteiger partial charge in [0, 0.05) is 12.3 Å². The first-order valence-corrected chi connectivity index (χ1v) is 13.5. The topological polar surface area (TPSA) is 66.5 Å². The molecule has 0 heterocycles. The van der Waals surface area contributed by atoms with Gasteiger partial charge in [0.25, 0.3) is 10.0 Å². The van der Waals surface area contributed by atoms with Crippen molar-refractivity contribution in [3.05, 3.63) is 95.6 Å². The Morgan fingerprint density at radius 1 is 0.909 bits per heavy atom. The molecule has 0 aliphatic carbocycles. The van der Waals surface area contributed by atoms with Crippen molar-refractivity contribution < 1.29 is 13.2 Å². The van der Waals surface area contributed by atoms with Gasteiger partial charge < -0.3 is 5.32 Å². The fourth-order valence-electron chi connectivity index (χ4n) is 3.48. The minimum absolute atomic E-state index is 0.161. The minimum Gasteiger partial charge on any atom is -0.354 e. The molecule has 0 radical (unpaired) electrons. The number of benzene rings is 3. The highest BCUT2D eigenvalue weighted by molar-refractivity contribution is 7.98. The molecule has 0 saturated carbocycles. The number of sulfonamides is 1. The third-order valence-corrected chi connectivity index (χ3v) is 7.91. The van der Waals surface area contributed by atoms with Crippen LogP contribution < -0.4 is 9.62 Å². The van der Waals surface area contributed by atoms with Crippen molar-refractivity contribution in [2.24, 2.45) is 0 Å². The van der Waals surface area contributed by atoms with E-state index in [4.69, 9.17) is 0 Å². The average Bonchev–Trinajstić information content (AvgIpc) is 2.80. The van der Waals surface area contributed by atoms with Gasteiger partial charge >= 0.3 is 0 Å². The predicted molar refractivity (Wildman–Crippen MR) is 137 cm³/mol. The molecule has 5 nitrogen and oxygen atoms in total. The first-order chi connectivity index (χ1) is 15.9. The fraction of sp³-hybridized carbons (Fsp3) is 0.269. The molecule has 0 bridgehead atoms. The van der Waals surface area contributed by atoms with E-state index < -0.39 is 10.0 Å². The molecule has 0 aromatic heterocycles. The highest BCUT2D eigenvalue weighted by Gasteiger charge is 2.27. The van der Waals surface area contributed by atoms with Crippen LogP contribution in [0.15, 0.2) is 83.8 Å². The average molecular weight is 483 g/mol. The van der Waals surface area contributed by atoms with E-state index in [1.54, 1.807) is 42.5 Å². The SMILES string of the molecule is Cc1cc(C)cc(N(CC(=O)NCCCSCc2ccccc2)S(=O)(=O)c2ccccc2)c1. The van der Waals surface area contributed by atoms with E-state index in [1.807, 2.05) is 49.9 Å². The van der Waals surface area contributed by atoms with Crippen molar-refractivity contribution in [2.75, 3.05) is 23.1 Å². The molecule has 1 N–H and O–H groups in total. The van der Waals surface area contributed by atoms with Crippen LogP contribution in [0, 0.1) is 13.8 Å². The van der Waals surface area contributed by atoms with Gasteiger partial charge in [-0.05, 0) is 67.0 Å². The molecular formula is C26H30N2O3S2. The van der Waals surface area contributed by atoms with Crippen LogP contribution in [0.1, 0.15) is 23.1 Å². The molecule has 0 aliphatic rings. The van der Waals surface area contributed by atoms with Gasteiger partial charge in [0.2, 0.25) is 5.91 Å². The largest absolute Gasteiger partial charge is 0.354 e. The predicted octanol–water partition coefficient (Wildman–Crippen LogP) is 4.94. The van der Waals surface area contributed by atoms with Crippen molar-refractivity contribution in [1.29, 1.82) is 0 Å². The molecule has 174 valence electrons. The number of amides is 1. The number of carbonyl (C=O) groups excluding carboxylic acids is 1. The van der Waals surface area contributed by atoms with Gasteiger partial charge in [0.15, 0.2) is 0 Å². The lowest BCUT2D eigenvalue weighted by molar-refractivity contribution is -0.119. The molecule has 0 atom stereocenters. The van der Waals surface area contributed by atoms with E-state index in [0.29, 0.717) is 12.2 Å². The summed E-state index contributed by atoms with van der Waals surface area (Å²) in [6, 6.07) is 24.0. The summed E-state index contributed by atoms with van der Waals surface area (Å²) in [7, 11) is -3.88. The summed E-state index contributed by atoms with van der Waals surface area (Å²) < 4.78 is 28.0. The number of nitrogens with zero attached hydrogens (tertiary/aromatic N) is 1. The minimum atomic E-state index is -3.88. The summed E-state index contributed by atoms with van der Waals surface area (Å²) in [5.74, 6) is 1.53. The van der Waals surface area contributed by atoms with E-state index >= 15 is 0 Å². The second kappa shape index (κ2) is 11.9. The van der Waals surface area contributed by atoms with Crippen LogP contribution >= 0.6 is 11.8 Å². The Kier molecular flexibility index (Phi) is 8.97. The molecule has 0 fully saturated rings. The third-order valence-electron chi connectivity index (χ3n) is 5.01. The van der Waals surface area contributed by atoms with E-state index in [9.17, 15) is 13.2 Å². The van der Waals surface area contributed by atoms with Gasteiger partial charge in [0.05, 0.1) is 10.6 Å². The molecule has 3 rings (SSSR count). The van der Waals surface area contributed by atoms with E-state index in [-0.39, 0.29) is 17.3 Å². The number of nitrogens with one attached hydrogen (secondary N) is 1. The Bertz CT molecular complexity index is 1130. The Hall–Kier alpha value is -2.77. The lowest BCUT2D eigenvalue weighted by Crippen LogP contribution is -2.41. The summed E-state index contributed by atoms with van der Waals surface area (Å²) in [5.41, 5.74) is 3.65. The maximum Gasteiger partial charge on any atom is 0.264 e. The Labute approximate surface area is 201 Å². The number of hydrogen-bond donors (Lipinski definition) is 1. The van der Waals surface area contributed by atoms with Crippen LogP contribution in [0.3, 0.4) is 0 Å².